The minimum Gasteiger partial charge on any atom is -0.457 e. The van der Waals surface area contributed by atoms with Crippen LogP contribution >= 0.6 is 23.2 Å². The lowest BCUT2D eigenvalue weighted by molar-refractivity contribution is 0.464. The van der Waals surface area contributed by atoms with Crippen molar-refractivity contribution in [1.82, 2.24) is 0 Å². The van der Waals surface area contributed by atoms with Gasteiger partial charge in [-0.3, -0.25) is 0 Å². The number of rotatable bonds is 1. The fraction of sp³-hybridized carbons (Fsp3) is 0. The third kappa shape index (κ3) is 2.29. The summed E-state index contributed by atoms with van der Waals surface area (Å²) in [5.74, 6) is 3.27. The van der Waals surface area contributed by atoms with E-state index in [0.29, 0.717) is 10.0 Å². The maximum atomic E-state index is 6.35. The smallest absolute Gasteiger partial charge is 0.197 e. The van der Waals surface area contributed by atoms with Gasteiger partial charge >= 0.3 is 0 Å². The first kappa shape index (κ1) is 17.2. The minimum atomic E-state index is -2.67. The van der Waals surface area contributed by atoms with Crippen molar-refractivity contribution in [3.63, 3.8) is 0 Å². The Labute approximate surface area is 179 Å². The Hall–Kier alpha value is -2.72. The van der Waals surface area contributed by atoms with Crippen LogP contribution in [0.25, 0.3) is 0 Å². The van der Waals surface area contributed by atoms with Gasteiger partial charge in [0.25, 0.3) is 0 Å². The van der Waals surface area contributed by atoms with Crippen LogP contribution in [-0.4, -0.2) is 8.07 Å². The Kier molecular flexibility index (Phi) is 3.63. The quantitative estimate of drug-likeness (QED) is 0.354. The number of halogens is 2. The second-order valence-corrected chi connectivity index (χ2v) is 11.8. The second-order valence-electron chi connectivity index (χ2n) is 7.23. The number of hydrogen-bond acceptors (Lipinski definition) is 2. The molecule has 29 heavy (non-hydrogen) atoms. The average molecular weight is 433 g/mol. The summed E-state index contributed by atoms with van der Waals surface area (Å²) in [6.07, 6.45) is 0. The zero-order valence-electron chi connectivity index (χ0n) is 15.2. The summed E-state index contributed by atoms with van der Waals surface area (Å²) in [6.45, 7) is 0. The molecule has 0 unspecified atom stereocenters. The third-order valence-corrected chi connectivity index (χ3v) is 11.1. The van der Waals surface area contributed by atoms with E-state index in [0.717, 1.165) is 28.2 Å². The number of hydrogen-bond donors (Lipinski definition) is 0. The van der Waals surface area contributed by atoms with Gasteiger partial charge in [0.15, 0.2) is 8.07 Å². The van der Waals surface area contributed by atoms with E-state index in [1.54, 1.807) is 0 Å². The molecular formula is C24H14Cl2O2Si. The van der Waals surface area contributed by atoms with Crippen molar-refractivity contribution in [1.29, 1.82) is 0 Å². The fourth-order valence-corrected chi connectivity index (χ4v) is 10.0. The van der Waals surface area contributed by atoms with Gasteiger partial charge in [-0.15, -0.1) is 0 Å². The van der Waals surface area contributed by atoms with E-state index in [4.69, 9.17) is 32.7 Å². The van der Waals surface area contributed by atoms with Crippen LogP contribution in [0.3, 0.4) is 0 Å². The molecule has 0 saturated carbocycles. The monoisotopic (exact) mass is 432 g/mol. The van der Waals surface area contributed by atoms with E-state index >= 15 is 0 Å². The normalized spacial score (nSPS) is 14.7. The molecule has 0 radical (unpaired) electrons. The SMILES string of the molecule is Clc1ccc2c(c1)Oc1cccc3c1[Si]2(c1ccccc1)c1ccc(Cl)cc1O3. The Morgan fingerprint density at radius 1 is 0.552 bits per heavy atom. The van der Waals surface area contributed by atoms with Crippen LogP contribution in [0.2, 0.25) is 10.0 Å². The lowest BCUT2D eigenvalue weighted by Crippen LogP contribution is -2.77. The van der Waals surface area contributed by atoms with E-state index in [1.807, 2.05) is 48.5 Å². The first-order chi connectivity index (χ1) is 14.2. The van der Waals surface area contributed by atoms with Crippen molar-refractivity contribution >= 4 is 52.0 Å². The van der Waals surface area contributed by atoms with Gasteiger partial charge in [0, 0.05) is 15.2 Å². The molecule has 0 saturated heterocycles. The van der Waals surface area contributed by atoms with Gasteiger partial charge in [-0.05, 0) is 52.0 Å². The molecule has 0 aliphatic carbocycles. The summed E-state index contributed by atoms with van der Waals surface area (Å²) >= 11 is 12.7. The maximum Gasteiger partial charge on any atom is 0.197 e. The van der Waals surface area contributed by atoms with Gasteiger partial charge in [0.05, 0.1) is 0 Å². The van der Waals surface area contributed by atoms with Gasteiger partial charge in [-0.25, -0.2) is 0 Å². The zero-order valence-corrected chi connectivity index (χ0v) is 17.7. The highest BCUT2D eigenvalue weighted by Crippen LogP contribution is 2.39. The largest absolute Gasteiger partial charge is 0.457 e. The molecule has 2 aliphatic rings. The molecule has 6 rings (SSSR count). The van der Waals surface area contributed by atoms with E-state index < -0.39 is 8.07 Å². The molecule has 0 aromatic heterocycles. The van der Waals surface area contributed by atoms with Gasteiger partial charge < -0.3 is 9.47 Å². The Bertz CT molecular complexity index is 1210. The molecular weight excluding hydrogens is 419 g/mol. The van der Waals surface area contributed by atoms with E-state index in [9.17, 15) is 0 Å². The molecule has 140 valence electrons. The summed E-state index contributed by atoms with van der Waals surface area (Å²) in [5, 5.41) is 6.05. The molecule has 4 aromatic rings. The summed E-state index contributed by atoms with van der Waals surface area (Å²) in [5.41, 5.74) is 0. The number of fused-ring (bicyclic) bond motifs is 4. The summed E-state index contributed by atoms with van der Waals surface area (Å²) in [4.78, 5) is 0. The first-order valence-corrected chi connectivity index (χ1v) is 12.1. The van der Waals surface area contributed by atoms with Crippen LogP contribution in [0.4, 0.5) is 0 Å². The first-order valence-electron chi connectivity index (χ1n) is 9.33. The van der Waals surface area contributed by atoms with E-state index in [1.165, 1.54) is 15.6 Å². The van der Waals surface area contributed by atoms with Crippen molar-refractivity contribution < 1.29 is 9.47 Å². The molecule has 0 fully saturated rings. The summed E-state index contributed by atoms with van der Waals surface area (Å²) < 4.78 is 12.7. The Balaban J connectivity index is 1.84. The standard InChI is InChI=1S/C24H14Cl2O2Si/c25-15-9-11-22-20(13-15)27-18-7-4-8-19-24(18)29(22,17-5-2-1-3-6-17)23-12-10-16(26)14-21(23)28-19/h1-14H. The minimum absolute atomic E-state index is 0.656. The molecule has 4 aromatic carbocycles. The highest BCUT2D eigenvalue weighted by atomic mass is 35.5. The Morgan fingerprint density at radius 2 is 1.10 bits per heavy atom. The van der Waals surface area contributed by atoms with Crippen LogP contribution in [0.1, 0.15) is 0 Å². The highest BCUT2D eigenvalue weighted by molar-refractivity contribution is 7.21. The van der Waals surface area contributed by atoms with Crippen LogP contribution in [0.15, 0.2) is 84.9 Å². The molecule has 2 heterocycles. The lowest BCUT2D eigenvalue weighted by atomic mass is 10.2. The van der Waals surface area contributed by atoms with Crippen molar-refractivity contribution in [3.8, 4) is 23.0 Å². The van der Waals surface area contributed by atoms with E-state index in [2.05, 4.69) is 36.4 Å². The zero-order chi connectivity index (χ0) is 19.6. The predicted octanol–water partition coefficient (Wildman–Crippen LogP) is 4.58. The summed E-state index contributed by atoms with van der Waals surface area (Å²) in [7, 11) is -2.67. The van der Waals surface area contributed by atoms with Crippen LogP contribution in [0, 0.1) is 0 Å². The topological polar surface area (TPSA) is 18.5 Å². The fourth-order valence-electron chi connectivity index (χ4n) is 4.63. The second kappa shape index (κ2) is 6.14. The van der Waals surface area contributed by atoms with Crippen LogP contribution in [0.5, 0.6) is 23.0 Å². The van der Waals surface area contributed by atoms with Crippen molar-refractivity contribution in [2.45, 2.75) is 0 Å². The van der Waals surface area contributed by atoms with Gasteiger partial charge in [-0.2, -0.15) is 0 Å². The van der Waals surface area contributed by atoms with Gasteiger partial charge in [0.1, 0.15) is 23.0 Å². The number of benzene rings is 4. The number of ether oxygens (including phenoxy) is 2. The van der Waals surface area contributed by atoms with Gasteiger partial charge in [0.2, 0.25) is 0 Å². The van der Waals surface area contributed by atoms with Crippen LogP contribution in [-0.2, 0) is 0 Å². The third-order valence-electron chi connectivity index (χ3n) is 5.70. The molecule has 0 N–H and O–H groups in total. The lowest BCUT2D eigenvalue weighted by Gasteiger charge is -2.43. The van der Waals surface area contributed by atoms with E-state index in [-0.39, 0.29) is 0 Å². The molecule has 0 atom stereocenters. The molecule has 2 aliphatic heterocycles. The highest BCUT2D eigenvalue weighted by Gasteiger charge is 2.53. The predicted molar refractivity (Wildman–Crippen MR) is 120 cm³/mol. The molecule has 5 heteroatoms. The molecule has 0 spiro atoms. The molecule has 0 bridgehead atoms. The van der Waals surface area contributed by atoms with Crippen LogP contribution < -0.4 is 30.2 Å². The average Bonchev–Trinajstić information content (AvgIpc) is 2.73. The van der Waals surface area contributed by atoms with Crippen molar-refractivity contribution in [2.75, 3.05) is 0 Å². The Morgan fingerprint density at radius 3 is 1.66 bits per heavy atom. The van der Waals surface area contributed by atoms with Crippen molar-refractivity contribution in [3.05, 3.63) is 95.0 Å². The summed E-state index contributed by atoms with van der Waals surface area (Å²) in [6, 6.07) is 28.6. The van der Waals surface area contributed by atoms with Crippen molar-refractivity contribution in [2.24, 2.45) is 0 Å². The molecule has 2 nitrogen and oxygen atoms in total. The maximum absolute atomic E-state index is 6.35. The van der Waals surface area contributed by atoms with Gasteiger partial charge in [-0.1, -0.05) is 71.7 Å². The molecule has 0 amide bonds.